The maximum Gasteiger partial charge on any atom is 0.417 e. The maximum absolute atomic E-state index is 14.3. The zero-order valence-electron chi connectivity index (χ0n) is 36.8. The van der Waals surface area contributed by atoms with Crippen LogP contribution < -0.4 is 24.3 Å². The highest BCUT2D eigenvalue weighted by atomic mass is 16.7. The number of amides is 2. The molecule has 1 aliphatic heterocycles. The number of fused-ring (bicyclic) bond motifs is 2. The Labute approximate surface area is 370 Å². The van der Waals surface area contributed by atoms with Crippen LogP contribution in [0.1, 0.15) is 69.8 Å². The Balaban J connectivity index is 1.71. The average molecular weight is 880 g/mol. The molecule has 3 aliphatic rings. The summed E-state index contributed by atoms with van der Waals surface area (Å²) in [5, 5.41) is 36.8. The molecule has 0 spiro atoms. The molecule has 2 aromatic carbocycles. The number of hydrogen-bond donors (Lipinski definition) is 4. The van der Waals surface area contributed by atoms with Gasteiger partial charge in [-0.2, -0.15) is 0 Å². The lowest BCUT2D eigenvalue weighted by molar-refractivity contribution is -0.256. The summed E-state index contributed by atoms with van der Waals surface area (Å²) in [5.41, 5.74) is 2.61. The van der Waals surface area contributed by atoms with E-state index in [9.17, 15) is 24.9 Å². The molecule has 6 atom stereocenters. The minimum atomic E-state index is -1.55. The van der Waals surface area contributed by atoms with Crippen molar-refractivity contribution in [1.29, 1.82) is 0 Å². The van der Waals surface area contributed by atoms with Gasteiger partial charge in [0.1, 0.15) is 35.6 Å². The zero-order valence-corrected chi connectivity index (χ0v) is 36.8. The normalized spacial score (nSPS) is 22.7. The number of aliphatic hydroxyl groups excluding tert-OH is 3. The molecular formula is C47H65N3O13. The summed E-state index contributed by atoms with van der Waals surface area (Å²) in [4.78, 5) is 35.2. The molecule has 2 amide bonds. The molecule has 1 heterocycles. The van der Waals surface area contributed by atoms with Crippen LogP contribution in [-0.2, 0) is 19.0 Å². The fourth-order valence-electron chi connectivity index (χ4n) is 9.01. The number of carbonyl (C=O) groups excluding carboxylic acids is 2. The number of allylic oxidation sites excluding steroid dienone is 1. The van der Waals surface area contributed by atoms with Gasteiger partial charge in [-0.3, -0.25) is 10.2 Å². The molecule has 63 heavy (non-hydrogen) atoms. The number of aliphatic hydroxyl groups is 3. The molecule has 346 valence electrons. The van der Waals surface area contributed by atoms with Gasteiger partial charge in [-0.25, -0.2) is 9.59 Å². The van der Waals surface area contributed by atoms with Gasteiger partial charge in [-0.15, -0.1) is 13.2 Å². The topological polar surface area (TPSA) is 196 Å². The van der Waals surface area contributed by atoms with Crippen molar-refractivity contribution in [3.63, 3.8) is 0 Å². The standard InChI is InChI=1S/C47H65N3O13/c1-6-9-25-59-46(55)50(20-26-58-27-23-53)42-31-39(49-61-8-3)36-28-32(14-10-12-21-51)35(15-11-13-22-52)43-37-29-34(17-19-40(37)63-47(42,44(36)43)60-24-7-2)62-45(54)48-38-18-16-33(56-4)30-41(38)57-5/h6-7,16-19,28-30,32,35,42-44,51-53H,1-2,8-15,20-27,31H2,3-5H3,(H,48,54). The van der Waals surface area contributed by atoms with E-state index in [1.807, 2.05) is 13.0 Å². The van der Waals surface area contributed by atoms with Gasteiger partial charge in [0.05, 0.1) is 64.6 Å². The lowest BCUT2D eigenvalue weighted by Gasteiger charge is -2.59. The first-order valence-corrected chi connectivity index (χ1v) is 21.9. The largest absolute Gasteiger partial charge is 0.497 e. The van der Waals surface area contributed by atoms with Crippen molar-refractivity contribution >= 4 is 23.6 Å². The summed E-state index contributed by atoms with van der Waals surface area (Å²) in [6.07, 6.45) is 8.93. The van der Waals surface area contributed by atoms with Crippen molar-refractivity contribution in [3.8, 4) is 23.0 Å². The van der Waals surface area contributed by atoms with Crippen LogP contribution in [0.4, 0.5) is 15.3 Å². The van der Waals surface area contributed by atoms with Crippen molar-refractivity contribution in [2.45, 2.75) is 76.0 Å². The summed E-state index contributed by atoms with van der Waals surface area (Å²) in [5.74, 6) is -0.941. The first kappa shape index (κ1) is 48.9. The Hall–Kier alpha value is -5.13. The third-order valence-electron chi connectivity index (χ3n) is 11.7. The second-order valence-electron chi connectivity index (χ2n) is 15.5. The van der Waals surface area contributed by atoms with Crippen molar-refractivity contribution < 1.29 is 62.9 Å². The highest BCUT2D eigenvalue weighted by Crippen LogP contribution is 2.62. The SMILES string of the molecule is C=CCCOC(=O)N(CCOCCO)C1CC(=NOCC)C2=CC(CCCCO)C(CCCCO)C3c4cc(OC(=O)Nc5ccc(OC)cc5OC)ccc4OC1(OCC=C)C23. The summed E-state index contributed by atoms with van der Waals surface area (Å²) < 4.78 is 42.5. The summed E-state index contributed by atoms with van der Waals surface area (Å²) >= 11 is 0. The third-order valence-corrected chi connectivity index (χ3v) is 11.7. The van der Waals surface area contributed by atoms with E-state index in [1.165, 1.54) is 14.2 Å². The molecule has 2 aromatic rings. The summed E-state index contributed by atoms with van der Waals surface area (Å²) in [7, 11) is 3.03. The Morgan fingerprint density at radius 3 is 2.43 bits per heavy atom. The molecule has 0 radical (unpaired) electrons. The number of nitrogens with one attached hydrogen (secondary N) is 1. The second kappa shape index (κ2) is 24.6. The minimum Gasteiger partial charge on any atom is -0.497 e. The monoisotopic (exact) mass is 879 g/mol. The van der Waals surface area contributed by atoms with Crippen molar-refractivity contribution in [1.82, 2.24) is 4.90 Å². The third kappa shape index (κ3) is 11.9. The predicted octanol–water partition coefficient (Wildman–Crippen LogP) is 6.99. The number of oxime groups is 1. The van der Waals surface area contributed by atoms with E-state index in [0.29, 0.717) is 60.9 Å². The van der Waals surface area contributed by atoms with Crippen LogP contribution in [0, 0.1) is 17.8 Å². The number of unbranched alkanes of at least 4 members (excludes halogenated alkanes) is 2. The fraction of sp³-hybridized carbons (Fsp3) is 0.553. The predicted molar refractivity (Wildman–Crippen MR) is 237 cm³/mol. The van der Waals surface area contributed by atoms with E-state index in [1.54, 1.807) is 47.4 Å². The highest BCUT2D eigenvalue weighted by Gasteiger charge is 2.65. The van der Waals surface area contributed by atoms with E-state index in [0.717, 1.165) is 30.4 Å². The molecule has 16 nitrogen and oxygen atoms in total. The Morgan fingerprint density at radius 1 is 0.952 bits per heavy atom. The first-order chi connectivity index (χ1) is 30.7. The molecule has 4 N–H and O–H groups in total. The van der Waals surface area contributed by atoms with Gasteiger partial charge in [0.15, 0.2) is 0 Å². The average Bonchev–Trinajstić information content (AvgIpc) is 3.29. The van der Waals surface area contributed by atoms with Crippen LogP contribution in [0.5, 0.6) is 23.0 Å². The van der Waals surface area contributed by atoms with Crippen LogP contribution in [0.25, 0.3) is 0 Å². The number of ether oxygens (including phenoxy) is 7. The molecule has 5 rings (SSSR count). The fourth-order valence-corrected chi connectivity index (χ4v) is 9.01. The number of rotatable bonds is 26. The Kier molecular flexibility index (Phi) is 19.1. The summed E-state index contributed by atoms with van der Waals surface area (Å²) in [6.45, 7) is 10.2. The molecule has 0 bridgehead atoms. The van der Waals surface area contributed by atoms with Crippen molar-refractivity contribution in [3.05, 3.63) is 78.9 Å². The molecule has 2 aliphatic carbocycles. The van der Waals surface area contributed by atoms with Crippen LogP contribution >= 0.6 is 0 Å². The van der Waals surface area contributed by atoms with E-state index < -0.39 is 29.9 Å². The van der Waals surface area contributed by atoms with Gasteiger partial charge in [0, 0.05) is 43.7 Å². The number of benzene rings is 2. The number of nitrogens with zero attached hydrogens (tertiary/aromatic N) is 2. The smallest absolute Gasteiger partial charge is 0.417 e. The Morgan fingerprint density at radius 2 is 1.73 bits per heavy atom. The van der Waals surface area contributed by atoms with E-state index in [4.69, 9.17) is 43.2 Å². The van der Waals surface area contributed by atoms with Gasteiger partial charge >= 0.3 is 12.2 Å². The lowest BCUT2D eigenvalue weighted by Crippen LogP contribution is -2.70. The molecule has 1 fully saturated rings. The molecule has 6 unspecified atom stereocenters. The number of hydrogen-bond acceptors (Lipinski definition) is 14. The van der Waals surface area contributed by atoms with E-state index >= 15 is 0 Å². The number of anilines is 1. The zero-order chi connectivity index (χ0) is 45.2. The van der Waals surface area contributed by atoms with Gasteiger partial charge < -0.3 is 53.3 Å². The van der Waals surface area contributed by atoms with Gasteiger partial charge in [0.2, 0.25) is 5.79 Å². The Bertz CT molecular complexity index is 1890. The van der Waals surface area contributed by atoms with Gasteiger partial charge in [-0.05, 0) is 86.8 Å². The minimum absolute atomic E-state index is 0.0137. The van der Waals surface area contributed by atoms with Crippen LogP contribution in [-0.4, -0.2) is 124 Å². The van der Waals surface area contributed by atoms with Gasteiger partial charge in [-0.1, -0.05) is 36.2 Å². The second-order valence-corrected chi connectivity index (χ2v) is 15.5. The number of methoxy groups -OCH3 is 2. The molecule has 16 heteroatoms. The number of carbonyl (C=O) groups is 2. The molecule has 1 saturated carbocycles. The molecule has 0 saturated heterocycles. The van der Waals surface area contributed by atoms with Crippen LogP contribution in [0.2, 0.25) is 0 Å². The highest BCUT2D eigenvalue weighted by molar-refractivity contribution is 6.03. The van der Waals surface area contributed by atoms with Crippen molar-refractivity contribution in [2.75, 3.05) is 78.9 Å². The first-order valence-electron chi connectivity index (χ1n) is 21.9. The lowest BCUT2D eigenvalue weighted by atomic mass is 9.55. The van der Waals surface area contributed by atoms with E-state index in [2.05, 4.69) is 24.6 Å². The maximum atomic E-state index is 14.3. The van der Waals surface area contributed by atoms with Crippen LogP contribution in [0.15, 0.2) is 78.5 Å². The quantitative estimate of drug-likeness (QED) is 0.0429. The molecule has 0 aromatic heterocycles. The van der Waals surface area contributed by atoms with Gasteiger partial charge in [0.25, 0.3) is 0 Å². The van der Waals surface area contributed by atoms with Crippen molar-refractivity contribution in [2.24, 2.45) is 22.9 Å². The molecular weight excluding hydrogens is 815 g/mol. The van der Waals surface area contributed by atoms with E-state index in [-0.39, 0.29) is 82.7 Å². The summed E-state index contributed by atoms with van der Waals surface area (Å²) in [6, 6.07) is 9.37. The van der Waals surface area contributed by atoms with Crippen LogP contribution in [0.3, 0.4) is 0 Å².